The number of fused-ring (bicyclic) bond motifs is 3. The second-order valence-electron chi connectivity index (χ2n) is 16.8. The van der Waals surface area contributed by atoms with Crippen molar-refractivity contribution < 1.29 is 64.1 Å². The first-order valence-corrected chi connectivity index (χ1v) is 20.8. The second-order valence-corrected chi connectivity index (χ2v) is 18.9. The van der Waals surface area contributed by atoms with E-state index in [9.17, 15) is 54.7 Å². The number of aromatic nitrogens is 1. The highest BCUT2D eigenvalue weighted by atomic mass is 32.2. The zero-order chi connectivity index (χ0) is 43.5. The number of nitrogens with one attached hydrogen (secondary N) is 2. The van der Waals surface area contributed by atoms with E-state index in [0.717, 1.165) is 11.0 Å². The Balaban J connectivity index is 1.43. The number of carbonyl (C=O) groups is 4. The van der Waals surface area contributed by atoms with Gasteiger partial charge in [-0.05, 0) is 87.8 Å². The summed E-state index contributed by atoms with van der Waals surface area (Å²) in [7, 11) is -3.25. The number of hydrogen-bond acceptors (Lipinski definition) is 9. The van der Waals surface area contributed by atoms with E-state index in [4.69, 9.17) is 9.47 Å². The van der Waals surface area contributed by atoms with Gasteiger partial charge in [-0.1, -0.05) is 26.0 Å². The molecule has 3 heterocycles. The first-order valence-electron chi connectivity index (χ1n) is 19.3. The summed E-state index contributed by atoms with van der Waals surface area (Å²) in [5.74, 6) is -6.23. The van der Waals surface area contributed by atoms with Crippen LogP contribution in [0.25, 0.3) is 10.8 Å². The summed E-state index contributed by atoms with van der Waals surface area (Å²) in [5.41, 5.74) is -4.97. The van der Waals surface area contributed by atoms with Crippen LogP contribution in [0.5, 0.6) is 11.6 Å². The van der Waals surface area contributed by atoms with Gasteiger partial charge in [0, 0.05) is 23.9 Å². The molecule has 2 aromatic rings. The van der Waals surface area contributed by atoms with Gasteiger partial charge in [-0.25, -0.2) is 27.0 Å². The number of nitrogens with zero attached hydrogens (tertiary/aromatic N) is 3. The van der Waals surface area contributed by atoms with Crippen LogP contribution >= 0.6 is 0 Å². The molecular formula is C39H48F5N5O9S. The maximum absolute atomic E-state index is 14.9. The molecule has 0 bridgehead atoms. The van der Waals surface area contributed by atoms with Gasteiger partial charge < -0.3 is 24.8 Å². The van der Waals surface area contributed by atoms with E-state index < -0.39 is 105 Å². The Morgan fingerprint density at radius 3 is 2.46 bits per heavy atom. The minimum Gasteiger partial charge on any atom is -0.494 e. The number of pyridine rings is 1. The standard InChI is InChI=1S/C39H48F5N5O9S/c1-21-8-6-7-9-24-18-38(24,34(52)47-59(55,56)37(20-40)11-12-37)46-31(50)28-16-25(58-32-26-17-27(41)29(57-5)15-23(26)10-13-45-32)19-48(28)33(51)30(22(2)14-21)49(35(53)54)36(3,4)39(42,43)44/h7,9-10,13,15,17,21-22,24-25,28,30H,6,8,11-12,14,16,18-20H2,1-5H3,(H,46,50)(H,47,52)(H,53,54)/t21-,22-,24-,25-,28+,30+,38-/m1/s1. The van der Waals surface area contributed by atoms with Gasteiger partial charge >= 0.3 is 12.3 Å². The fourth-order valence-electron chi connectivity index (χ4n) is 8.29. The van der Waals surface area contributed by atoms with Gasteiger partial charge in [0.25, 0.3) is 5.91 Å². The predicted octanol–water partition coefficient (Wildman–Crippen LogP) is 5.26. The van der Waals surface area contributed by atoms with Crippen molar-refractivity contribution in [2.75, 3.05) is 20.3 Å². The molecule has 3 N–H and O–H groups in total. The number of amides is 4. The highest BCUT2D eigenvalue weighted by molar-refractivity contribution is 7.91. The van der Waals surface area contributed by atoms with E-state index in [2.05, 4.69) is 10.3 Å². The lowest BCUT2D eigenvalue weighted by Crippen LogP contribution is -2.66. The number of ether oxygens (including phenoxy) is 2. The number of sulfonamides is 1. The van der Waals surface area contributed by atoms with Gasteiger partial charge in [-0.3, -0.25) is 24.0 Å². The van der Waals surface area contributed by atoms with Crippen molar-refractivity contribution in [2.45, 2.75) is 113 Å². The number of alkyl halides is 4. The molecule has 2 aliphatic heterocycles. The summed E-state index contributed by atoms with van der Waals surface area (Å²) in [6, 6.07) is 0.476. The number of rotatable bonds is 9. The van der Waals surface area contributed by atoms with Crippen LogP contribution in [-0.4, -0.2) is 113 Å². The molecule has 2 saturated carbocycles. The van der Waals surface area contributed by atoms with E-state index in [0.29, 0.717) is 32.1 Å². The minimum atomic E-state index is -5.15. The summed E-state index contributed by atoms with van der Waals surface area (Å²) >= 11 is 0. The molecule has 324 valence electrons. The van der Waals surface area contributed by atoms with Crippen molar-refractivity contribution >= 4 is 44.6 Å². The summed E-state index contributed by atoms with van der Waals surface area (Å²) in [6.07, 6.45) is -3.12. The van der Waals surface area contributed by atoms with E-state index in [1.54, 1.807) is 25.1 Å². The molecule has 0 unspecified atom stereocenters. The van der Waals surface area contributed by atoms with E-state index in [1.807, 2.05) is 4.72 Å². The summed E-state index contributed by atoms with van der Waals surface area (Å²) in [6.45, 7) is 2.83. The number of methoxy groups -OCH3 is 1. The molecular weight excluding hydrogens is 810 g/mol. The van der Waals surface area contributed by atoms with E-state index >= 15 is 0 Å². The molecule has 20 heteroatoms. The van der Waals surface area contributed by atoms with Crippen molar-refractivity contribution in [3.05, 3.63) is 42.4 Å². The largest absolute Gasteiger partial charge is 0.494 e. The lowest BCUT2D eigenvalue weighted by Gasteiger charge is -2.45. The molecule has 7 atom stereocenters. The topological polar surface area (TPSA) is 185 Å². The van der Waals surface area contributed by atoms with Crippen LogP contribution in [0.2, 0.25) is 0 Å². The molecule has 59 heavy (non-hydrogen) atoms. The molecule has 0 radical (unpaired) electrons. The Morgan fingerprint density at radius 2 is 1.85 bits per heavy atom. The monoisotopic (exact) mass is 857 g/mol. The number of benzene rings is 1. The third-order valence-corrected chi connectivity index (χ3v) is 14.4. The SMILES string of the molecule is COc1cc2ccnc(O[C@@H]3C[C@H]4C(=O)N[C@]5(C(=O)NS(=O)(=O)C6(CF)CC6)C[C@H]5C=CCC[C@@H](C)C[C@@H](C)[C@H](N(C(=O)O)C(C)(C)C(F)(F)F)C(=O)N4C3)c2cc1F. The maximum atomic E-state index is 14.9. The Kier molecular flexibility index (Phi) is 11.7. The van der Waals surface area contributed by atoms with Crippen LogP contribution in [0.3, 0.4) is 0 Å². The lowest BCUT2D eigenvalue weighted by atomic mass is 9.85. The van der Waals surface area contributed by atoms with Crippen LogP contribution < -0.4 is 19.5 Å². The number of carbonyl (C=O) groups excluding carboxylic acids is 3. The molecule has 1 saturated heterocycles. The molecule has 3 fully saturated rings. The predicted molar refractivity (Wildman–Crippen MR) is 202 cm³/mol. The van der Waals surface area contributed by atoms with Crippen LogP contribution in [0.4, 0.5) is 26.7 Å². The van der Waals surface area contributed by atoms with Gasteiger partial charge in [0.1, 0.15) is 40.7 Å². The Labute approximate surface area is 337 Å². The smallest absolute Gasteiger partial charge is 0.411 e. The first kappa shape index (κ1) is 43.8. The zero-order valence-electron chi connectivity index (χ0n) is 33.1. The number of hydrogen-bond donors (Lipinski definition) is 3. The average Bonchev–Trinajstić information content (AvgIpc) is 4.05. The van der Waals surface area contributed by atoms with Crippen LogP contribution in [0.15, 0.2) is 36.5 Å². The highest BCUT2D eigenvalue weighted by Gasteiger charge is 2.64. The van der Waals surface area contributed by atoms with Crippen LogP contribution in [0.1, 0.15) is 72.6 Å². The normalized spacial score (nSPS) is 28.7. The van der Waals surface area contributed by atoms with Crippen LogP contribution in [-0.2, 0) is 24.4 Å². The zero-order valence-corrected chi connectivity index (χ0v) is 34.0. The van der Waals surface area contributed by atoms with Crippen molar-refractivity contribution in [3.8, 4) is 11.6 Å². The van der Waals surface area contributed by atoms with E-state index in [1.165, 1.54) is 26.3 Å². The third kappa shape index (κ3) is 8.12. The Bertz CT molecular complexity index is 2150. The van der Waals surface area contributed by atoms with Crippen molar-refractivity contribution in [1.29, 1.82) is 0 Å². The van der Waals surface area contributed by atoms with Gasteiger partial charge in [-0.2, -0.15) is 13.2 Å². The average molecular weight is 858 g/mol. The molecule has 4 aliphatic rings. The van der Waals surface area contributed by atoms with Crippen molar-refractivity contribution in [2.24, 2.45) is 17.8 Å². The fraction of sp³-hybridized carbons (Fsp3) is 0.615. The Morgan fingerprint density at radius 1 is 1.15 bits per heavy atom. The quantitative estimate of drug-likeness (QED) is 0.222. The number of allylic oxidation sites excluding steroid dienone is 1. The fourth-order valence-corrected chi connectivity index (χ4v) is 9.72. The van der Waals surface area contributed by atoms with Crippen molar-refractivity contribution in [3.63, 3.8) is 0 Å². The summed E-state index contributed by atoms with van der Waals surface area (Å²) in [4.78, 5) is 61.5. The summed E-state index contributed by atoms with van der Waals surface area (Å²) in [5, 5.41) is 13.7. The molecule has 2 aliphatic carbocycles. The van der Waals surface area contributed by atoms with Gasteiger partial charge in [-0.15, -0.1) is 0 Å². The molecule has 1 aromatic heterocycles. The molecule has 6 rings (SSSR count). The Hall–Kier alpha value is -4.75. The number of carboxylic acid groups (broad SMARTS) is 1. The lowest BCUT2D eigenvalue weighted by molar-refractivity contribution is -0.222. The van der Waals surface area contributed by atoms with Gasteiger partial charge in [0.15, 0.2) is 11.6 Å². The highest BCUT2D eigenvalue weighted by Crippen LogP contribution is 2.48. The van der Waals surface area contributed by atoms with Crippen LogP contribution in [0, 0.1) is 23.6 Å². The minimum absolute atomic E-state index is 0.0165. The third-order valence-electron chi connectivity index (χ3n) is 12.3. The number of halogens is 5. The molecule has 0 spiro atoms. The summed E-state index contributed by atoms with van der Waals surface area (Å²) < 4.78 is 111. The molecule has 14 nitrogen and oxygen atoms in total. The first-order chi connectivity index (χ1) is 27.5. The van der Waals surface area contributed by atoms with E-state index in [-0.39, 0.29) is 59.9 Å². The second kappa shape index (κ2) is 15.7. The molecule has 1 aromatic carbocycles. The molecule has 4 amide bonds. The maximum Gasteiger partial charge on any atom is 0.411 e. The van der Waals surface area contributed by atoms with Gasteiger partial charge in [0.2, 0.25) is 27.7 Å². The van der Waals surface area contributed by atoms with Gasteiger partial charge in [0.05, 0.1) is 13.7 Å². The van der Waals surface area contributed by atoms with Crippen molar-refractivity contribution in [1.82, 2.24) is 24.8 Å².